The van der Waals surface area contributed by atoms with Crippen LogP contribution in [0.3, 0.4) is 0 Å². The maximum atomic E-state index is 15.2. The molecule has 0 bridgehead atoms. The monoisotopic (exact) mass is 692 g/mol. The first-order chi connectivity index (χ1) is 24.0. The van der Waals surface area contributed by atoms with E-state index in [4.69, 9.17) is 4.74 Å². The summed E-state index contributed by atoms with van der Waals surface area (Å²) < 4.78 is 50.0. The molecule has 50 heavy (non-hydrogen) atoms. The van der Waals surface area contributed by atoms with Crippen molar-refractivity contribution in [3.63, 3.8) is 0 Å². The zero-order chi connectivity index (χ0) is 35.0. The highest BCUT2D eigenvalue weighted by Crippen LogP contribution is 2.51. The zero-order valence-corrected chi connectivity index (χ0v) is 29.2. The van der Waals surface area contributed by atoms with Crippen LogP contribution in [0.5, 0.6) is 5.88 Å². The van der Waals surface area contributed by atoms with Crippen LogP contribution in [-0.4, -0.2) is 63.1 Å². The van der Waals surface area contributed by atoms with E-state index in [1.54, 1.807) is 6.20 Å². The number of hydrogen-bond acceptors (Lipinski definition) is 9. The topological polar surface area (TPSA) is 109 Å². The second kappa shape index (κ2) is 13.9. The quantitative estimate of drug-likeness (QED) is 0.264. The number of nitrogens with zero attached hydrogens (tertiary/aromatic N) is 7. The van der Waals surface area contributed by atoms with Gasteiger partial charge in [-0.25, -0.2) is 29.3 Å². The van der Waals surface area contributed by atoms with Crippen molar-refractivity contribution in [2.24, 2.45) is 17.8 Å². The van der Waals surface area contributed by atoms with E-state index in [2.05, 4.69) is 44.1 Å². The molecule has 4 aliphatic rings. The number of piperidine rings is 1. The van der Waals surface area contributed by atoms with Gasteiger partial charge in [0.15, 0.2) is 5.82 Å². The van der Waals surface area contributed by atoms with Crippen LogP contribution in [0.1, 0.15) is 107 Å². The minimum atomic E-state index is -3.35. The Hall–Kier alpha value is -4.03. The molecule has 7 rings (SSSR count). The van der Waals surface area contributed by atoms with Crippen LogP contribution in [0.4, 0.5) is 30.8 Å². The van der Waals surface area contributed by atoms with Gasteiger partial charge in [0, 0.05) is 63.6 Å². The Kier molecular flexibility index (Phi) is 9.60. The third kappa shape index (κ3) is 7.23. The largest absolute Gasteiger partial charge is 0.474 e. The van der Waals surface area contributed by atoms with Crippen molar-refractivity contribution >= 4 is 23.5 Å². The van der Waals surface area contributed by atoms with E-state index in [-0.39, 0.29) is 23.0 Å². The standard InChI is InChI=1S/C37H47F3N8O2/c1-23-13-24(2)15-25(14-23)17-42-33(49)28-20-45-35(46-32(28)36(3,39)40)48-22-37(9-5-4-6-10-37)29-16-31(41-21-30(29)48)50-27-7-11-47(12-8-27)34-43-18-26(38)19-44-34/h16,18-21,23-25,27H,4-15,17,22H2,1-3H3,(H,42,49)/t23-,24+,25?. The molecule has 10 nitrogen and oxygen atoms in total. The highest BCUT2D eigenvalue weighted by atomic mass is 19.3. The van der Waals surface area contributed by atoms with Gasteiger partial charge < -0.3 is 19.9 Å². The van der Waals surface area contributed by atoms with E-state index < -0.39 is 23.3 Å². The van der Waals surface area contributed by atoms with E-state index in [1.165, 1.54) is 25.0 Å². The van der Waals surface area contributed by atoms with Gasteiger partial charge in [-0.1, -0.05) is 33.1 Å². The molecular weight excluding hydrogens is 645 g/mol. The van der Waals surface area contributed by atoms with Crippen molar-refractivity contribution in [1.29, 1.82) is 0 Å². The van der Waals surface area contributed by atoms with Gasteiger partial charge in [0.25, 0.3) is 11.8 Å². The third-order valence-electron chi connectivity index (χ3n) is 11.1. The lowest BCUT2D eigenvalue weighted by Gasteiger charge is -2.34. The number of halogens is 3. The van der Waals surface area contributed by atoms with Gasteiger partial charge in [0.1, 0.15) is 11.8 Å². The van der Waals surface area contributed by atoms with E-state index in [1.807, 2.05) is 15.9 Å². The highest BCUT2D eigenvalue weighted by Gasteiger charge is 2.46. The van der Waals surface area contributed by atoms with Gasteiger partial charge in [-0.2, -0.15) is 8.78 Å². The number of nitrogens with one attached hydrogen (secondary N) is 1. The Morgan fingerprint density at radius 1 is 0.960 bits per heavy atom. The predicted octanol–water partition coefficient (Wildman–Crippen LogP) is 7.12. The van der Waals surface area contributed by atoms with Crippen molar-refractivity contribution in [2.75, 3.05) is 36.0 Å². The molecule has 1 unspecified atom stereocenters. The molecule has 0 aromatic carbocycles. The molecule has 3 aromatic rings. The van der Waals surface area contributed by atoms with Gasteiger partial charge in [0.05, 0.1) is 29.8 Å². The summed E-state index contributed by atoms with van der Waals surface area (Å²) in [5.41, 5.74) is 0.891. The molecule has 5 heterocycles. The normalized spacial score (nSPS) is 23.9. The summed E-state index contributed by atoms with van der Waals surface area (Å²) in [7, 11) is 0. The molecule has 1 amide bonds. The van der Waals surface area contributed by atoms with Crippen LogP contribution in [0.25, 0.3) is 0 Å². The second-order valence-corrected chi connectivity index (χ2v) is 15.3. The summed E-state index contributed by atoms with van der Waals surface area (Å²) in [5.74, 6) is -1.73. The average Bonchev–Trinajstić information content (AvgIpc) is 3.39. The molecule has 3 fully saturated rings. The molecule has 13 heteroatoms. The van der Waals surface area contributed by atoms with Crippen molar-refractivity contribution < 1.29 is 22.7 Å². The zero-order valence-electron chi connectivity index (χ0n) is 29.2. The Labute approximate surface area is 291 Å². The van der Waals surface area contributed by atoms with Crippen LogP contribution in [0.2, 0.25) is 0 Å². The van der Waals surface area contributed by atoms with E-state index in [9.17, 15) is 9.18 Å². The second-order valence-electron chi connectivity index (χ2n) is 15.3. The van der Waals surface area contributed by atoms with Gasteiger partial charge >= 0.3 is 0 Å². The Morgan fingerprint density at radius 3 is 2.32 bits per heavy atom. The first-order valence-corrected chi connectivity index (χ1v) is 18.2. The minimum absolute atomic E-state index is 0.0571. The van der Waals surface area contributed by atoms with Gasteiger partial charge in [-0.05, 0) is 55.4 Å². The molecule has 268 valence electrons. The summed E-state index contributed by atoms with van der Waals surface area (Å²) in [5, 5.41) is 2.91. The number of rotatable bonds is 8. The minimum Gasteiger partial charge on any atom is -0.474 e. The first kappa shape index (κ1) is 34.4. The number of aromatic nitrogens is 5. The number of alkyl halides is 2. The van der Waals surface area contributed by atoms with Crippen LogP contribution in [0, 0.1) is 23.6 Å². The number of pyridine rings is 1. The van der Waals surface area contributed by atoms with Crippen LogP contribution >= 0.6 is 0 Å². The maximum Gasteiger partial charge on any atom is 0.287 e. The molecule has 1 spiro atoms. The van der Waals surface area contributed by atoms with E-state index in [0.29, 0.717) is 55.8 Å². The van der Waals surface area contributed by atoms with E-state index >= 15 is 8.78 Å². The van der Waals surface area contributed by atoms with Crippen LogP contribution in [-0.2, 0) is 11.3 Å². The lowest BCUT2D eigenvalue weighted by Crippen LogP contribution is -2.39. The van der Waals surface area contributed by atoms with Crippen molar-refractivity contribution in [3.05, 3.63) is 53.5 Å². The number of amides is 1. The molecule has 2 saturated carbocycles. The molecule has 3 atom stereocenters. The number of hydrogen-bond donors (Lipinski definition) is 1. The fourth-order valence-electron chi connectivity index (χ4n) is 8.87. The van der Waals surface area contributed by atoms with E-state index in [0.717, 1.165) is 76.0 Å². The fourth-order valence-corrected chi connectivity index (χ4v) is 8.87. The molecular formula is C37H47F3N8O2. The maximum absolute atomic E-state index is 15.2. The van der Waals surface area contributed by atoms with Gasteiger partial charge in [-0.3, -0.25) is 4.79 Å². The van der Waals surface area contributed by atoms with Gasteiger partial charge in [-0.15, -0.1) is 0 Å². The summed E-state index contributed by atoms with van der Waals surface area (Å²) in [4.78, 5) is 39.0. The number of carbonyl (C=O) groups excluding carboxylic acids is 1. The number of anilines is 3. The summed E-state index contributed by atoms with van der Waals surface area (Å²) in [6.45, 7) is 7.57. The summed E-state index contributed by atoms with van der Waals surface area (Å²) in [6.07, 6.45) is 15.1. The molecule has 1 N–H and O–H groups in total. The number of fused-ring (bicyclic) bond motifs is 2. The third-order valence-corrected chi connectivity index (χ3v) is 11.1. The van der Waals surface area contributed by atoms with Gasteiger partial charge in [0.2, 0.25) is 17.8 Å². The molecule has 3 aromatic heterocycles. The number of ether oxygens (including phenoxy) is 1. The van der Waals surface area contributed by atoms with Crippen LogP contribution < -0.4 is 19.9 Å². The first-order valence-electron chi connectivity index (χ1n) is 18.2. The van der Waals surface area contributed by atoms with Crippen molar-refractivity contribution in [1.82, 2.24) is 30.2 Å². The van der Waals surface area contributed by atoms with Crippen molar-refractivity contribution in [2.45, 2.75) is 102 Å². The Balaban J connectivity index is 1.10. The summed E-state index contributed by atoms with van der Waals surface area (Å²) >= 11 is 0. The molecule has 1 saturated heterocycles. The van der Waals surface area contributed by atoms with Crippen molar-refractivity contribution in [3.8, 4) is 5.88 Å². The SMILES string of the molecule is C[C@@H]1CC(CNC(=O)c2cnc(N3CC4(CCCCC4)c4cc(OC5CCN(c6ncc(F)cn6)CC5)ncc43)nc2C(C)(F)F)C[C@H](C)C1. The summed E-state index contributed by atoms with van der Waals surface area (Å²) in [6, 6.07) is 2.01. The lowest BCUT2D eigenvalue weighted by molar-refractivity contribution is 0.0115. The highest BCUT2D eigenvalue weighted by molar-refractivity contribution is 5.95. The predicted molar refractivity (Wildman–Crippen MR) is 183 cm³/mol. The molecule has 0 radical (unpaired) electrons. The number of carbonyl (C=O) groups is 1. The smallest absolute Gasteiger partial charge is 0.287 e. The lowest BCUT2D eigenvalue weighted by atomic mass is 9.71. The Bertz CT molecular complexity index is 1660. The Morgan fingerprint density at radius 2 is 1.64 bits per heavy atom. The average molecular weight is 693 g/mol. The molecule has 2 aliphatic carbocycles. The fraction of sp³-hybridized carbons (Fsp3) is 0.622. The van der Waals surface area contributed by atoms with Crippen LogP contribution in [0.15, 0.2) is 30.9 Å². The molecule has 2 aliphatic heterocycles.